The SMILES string of the molecule is CC(C)c1cnc(-c2cc(Cl)ccc2F)cc1Nc1ccncc1C(=O)N1CCC(O)CC1. The lowest BCUT2D eigenvalue weighted by atomic mass is 10.0. The van der Waals surface area contributed by atoms with Crippen molar-refractivity contribution in [1.82, 2.24) is 14.9 Å². The van der Waals surface area contributed by atoms with Gasteiger partial charge in [-0.15, -0.1) is 0 Å². The molecule has 0 bridgehead atoms. The maximum Gasteiger partial charge on any atom is 0.257 e. The van der Waals surface area contributed by atoms with E-state index in [9.17, 15) is 14.3 Å². The Morgan fingerprint density at radius 1 is 1.18 bits per heavy atom. The van der Waals surface area contributed by atoms with Gasteiger partial charge >= 0.3 is 0 Å². The highest BCUT2D eigenvalue weighted by molar-refractivity contribution is 6.30. The number of hydrogen-bond donors (Lipinski definition) is 2. The van der Waals surface area contributed by atoms with Gasteiger partial charge in [0.25, 0.3) is 5.91 Å². The average Bonchev–Trinajstić information content (AvgIpc) is 2.81. The maximum atomic E-state index is 14.5. The highest BCUT2D eigenvalue weighted by atomic mass is 35.5. The summed E-state index contributed by atoms with van der Waals surface area (Å²) < 4.78 is 14.5. The number of carbonyl (C=O) groups is 1. The summed E-state index contributed by atoms with van der Waals surface area (Å²) in [5, 5.41) is 13.5. The van der Waals surface area contributed by atoms with E-state index in [0.717, 1.165) is 11.3 Å². The predicted octanol–water partition coefficient (Wildman–Crippen LogP) is 5.40. The molecular formula is C25H26ClFN4O2. The standard InChI is InChI=1S/C25H26ClFN4O2/c1-15(2)19-14-29-23(18-11-16(26)3-4-21(18)27)12-24(19)30-22-5-8-28-13-20(22)25(33)31-9-6-17(32)7-10-31/h3-5,8,11-15,17,32H,6-7,9-10H2,1-2H3,(H,28,29,30). The van der Waals surface area contributed by atoms with Crippen molar-refractivity contribution >= 4 is 28.9 Å². The van der Waals surface area contributed by atoms with Gasteiger partial charge in [0.2, 0.25) is 0 Å². The normalized spacial score (nSPS) is 14.5. The van der Waals surface area contributed by atoms with Crippen LogP contribution in [0.5, 0.6) is 0 Å². The van der Waals surface area contributed by atoms with Crippen molar-refractivity contribution < 1.29 is 14.3 Å². The molecular weight excluding hydrogens is 443 g/mol. The number of pyridine rings is 2. The first-order valence-corrected chi connectivity index (χ1v) is 11.3. The zero-order valence-electron chi connectivity index (χ0n) is 18.6. The largest absolute Gasteiger partial charge is 0.393 e. The van der Waals surface area contributed by atoms with Crippen molar-refractivity contribution in [3.63, 3.8) is 0 Å². The van der Waals surface area contributed by atoms with E-state index >= 15 is 0 Å². The highest BCUT2D eigenvalue weighted by Gasteiger charge is 2.25. The molecule has 0 spiro atoms. The van der Waals surface area contributed by atoms with Crippen molar-refractivity contribution in [3.8, 4) is 11.3 Å². The van der Waals surface area contributed by atoms with Gasteiger partial charge in [-0.1, -0.05) is 25.4 Å². The van der Waals surface area contributed by atoms with Crippen LogP contribution in [-0.2, 0) is 0 Å². The molecule has 1 fully saturated rings. The number of piperidine rings is 1. The van der Waals surface area contributed by atoms with Gasteiger partial charge in [-0.2, -0.15) is 0 Å². The molecule has 0 unspecified atom stereocenters. The molecule has 1 saturated heterocycles. The van der Waals surface area contributed by atoms with Crippen LogP contribution in [-0.4, -0.2) is 45.1 Å². The first-order chi connectivity index (χ1) is 15.8. The Hall–Kier alpha value is -3.03. The number of carbonyl (C=O) groups excluding carboxylic acids is 1. The van der Waals surface area contributed by atoms with Crippen molar-refractivity contribution in [2.24, 2.45) is 0 Å². The fraction of sp³-hybridized carbons (Fsp3) is 0.320. The zero-order chi connectivity index (χ0) is 23.5. The van der Waals surface area contributed by atoms with Crippen molar-refractivity contribution in [2.75, 3.05) is 18.4 Å². The second-order valence-electron chi connectivity index (χ2n) is 8.51. The fourth-order valence-corrected chi connectivity index (χ4v) is 4.11. The Kier molecular flexibility index (Phi) is 6.91. The minimum atomic E-state index is -0.415. The third-order valence-electron chi connectivity index (χ3n) is 5.83. The molecule has 6 nitrogen and oxygen atoms in total. The summed E-state index contributed by atoms with van der Waals surface area (Å²) in [6.07, 6.45) is 5.64. The van der Waals surface area contributed by atoms with Crippen LogP contribution in [0, 0.1) is 5.82 Å². The summed E-state index contributed by atoms with van der Waals surface area (Å²) in [7, 11) is 0. The predicted molar refractivity (Wildman–Crippen MR) is 127 cm³/mol. The van der Waals surface area contributed by atoms with Gasteiger partial charge in [0, 0.05) is 48.0 Å². The fourth-order valence-electron chi connectivity index (χ4n) is 3.93. The van der Waals surface area contributed by atoms with E-state index in [0.29, 0.717) is 53.5 Å². The molecule has 1 aliphatic rings. The van der Waals surface area contributed by atoms with Crippen LogP contribution >= 0.6 is 11.6 Å². The van der Waals surface area contributed by atoms with E-state index in [1.165, 1.54) is 12.1 Å². The molecule has 0 atom stereocenters. The maximum absolute atomic E-state index is 14.5. The first-order valence-electron chi connectivity index (χ1n) is 11.0. The van der Waals surface area contributed by atoms with Crippen molar-refractivity contribution in [3.05, 3.63) is 70.9 Å². The molecule has 33 heavy (non-hydrogen) atoms. The number of aliphatic hydroxyl groups excluding tert-OH is 1. The number of aromatic nitrogens is 2. The number of aliphatic hydroxyl groups is 1. The van der Waals surface area contributed by atoms with Crippen LogP contribution in [0.1, 0.15) is 48.5 Å². The van der Waals surface area contributed by atoms with Crippen molar-refractivity contribution in [2.45, 2.75) is 38.7 Å². The van der Waals surface area contributed by atoms with E-state index < -0.39 is 5.82 Å². The number of anilines is 2. The third-order valence-corrected chi connectivity index (χ3v) is 6.07. The lowest BCUT2D eigenvalue weighted by molar-refractivity contribution is 0.0547. The smallest absolute Gasteiger partial charge is 0.257 e. The molecule has 0 radical (unpaired) electrons. The Labute approximate surface area is 197 Å². The lowest BCUT2D eigenvalue weighted by Gasteiger charge is -2.30. The van der Waals surface area contributed by atoms with Gasteiger partial charge < -0.3 is 15.3 Å². The number of likely N-dealkylation sites (tertiary alicyclic amines) is 1. The number of amides is 1. The number of rotatable bonds is 5. The van der Waals surface area contributed by atoms with E-state index in [2.05, 4.69) is 15.3 Å². The summed E-state index contributed by atoms with van der Waals surface area (Å²) in [5.74, 6) is -0.413. The Balaban J connectivity index is 1.70. The van der Waals surface area contributed by atoms with Crippen LogP contribution in [0.2, 0.25) is 5.02 Å². The molecule has 1 aliphatic heterocycles. The zero-order valence-corrected chi connectivity index (χ0v) is 19.3. The van der Waals surface area contributed by atoms with E-state index in [1.54, 1.807) is 41.7 Å². The highest BCUT2D eigenvalue weighted by Crippen LogP contribution is 2.33. The summed E-state index contributed by atoms with van der Waals surface area (Å²) in [6.45, 7) is 5.08. The van der Waals surface area contributed by atoms with E-state index in [4.69, 9.17) is 11.6 Å². The molecule has 172 valence electrons. The third kappa shape index (κ3) is 5.15. The van der Waals surface area contributed by atoms with Gasteiger partial charge in [-0.05, 0) is 54.7 Å². The topological polar surface area (TPSA) is 78.4 Å². The number of nitrogens with one attached hydrogen (secondary N) is 1. The quantitative estimate of drug-likeness (QED) is 0.524. The van der Waals surface area contributed by atoms with Crippen LogP contribution < -0.4 is 5.32 Å². The molecule has 4 rings (SSSR count). The minimum Gasteiger partial charge on any atom is -0.393 e. The lowest BCUT2D eigenvalue weighted by Crippen LogP contribution is -2.40. The number of nitrogens with zero attached hydrogens (tertiary/aromatic N) is 3. The summed E-state index contributed by atoms with van der Waals surface area (Å²) >= 11 is 6.08. The summed E-state index contributed by atoms with van der Waals surface area (Å²) in [4.78, 5) is 23.5. The monoisotopic (exact) mass is 468 g/mol. The average molecular weight is 469 g/mol. The van der Waals surface area contributed by atoms with Gasteiger partial charge in [-0.3, -0.25) is 14.8 Å². The minimum absolute atomic E-state index is 0.140. The second-order valence-corrected chi connectivity index (χ2v) is 8.94. The molecule has 1 aromatic carbocycles. The van der Waals surface area contributed by atoms with E-state index in [1.807, 2.05) is 13.8 Å². The van der Waals surface area contributed by atoms with Crippen LogP contribution in [0.4, 0.5) is 15.8 Å². The molecule has 3 aromatic rings. The molecule has 3 heterocycles. The van der Waals surface area contributed by atoms with Gasteiger partial charge in [0.1, 0.15) is 5.82 Å². The Morgan fingerprint density at radius 2 is 1.94 bits per heavy atom. The summed E-state index contributed by atoms with van der Waals surface area (Å²) in [6, 6.07) is 7.88. The molecule has 0 saturated carbocycles. The van der Waals surface area contributed by atoms with Crippen LogP contribution in [0.25, 0.3) is 11.3 Å². The van der Waals surface area contributed by atoms with Gasteiger partial charge in [0.15, 0.2) is 0 Å². The van der Waals surface area contributed by atoms with Gasteiger partial charge in [-0.25, -0.2) is 4.39 Å². The molecule has 1 amide bonds. The van der Waals surface area contributed by atoms with Crippen LogP contribution in [0.15, 0.2) is 48.9 Å². The van der Waals surface area contributed by atoms with E-state index in [-0.39, 0.29) is 17.9 Å². The Bertz CT molecular complexity index is 1160. The summed E-state index contributed by atoms with van der Waals surface area (Å²) in [5.41, 5.74) is 3.44. The number of halogens is 2. The molecule has 8 heteroatoms. The van der Waals surface area contributed by atoms with Gasteiger partial charge in [0.05, 0.1) is 23.0 Å². The molecule has 2 N–H and O–H groups in total. The number of benzene rings is 1. The molecule has 2 aromatic heterocycles. The Morgan fingerprint density at radius 3 is 2.67 bits per heavy atom. The second kappa shape index (κ2) is 9.85. The molecule has 0 aliphatic carbocycles. The first kappa shape index (κ1) is 23.1. The number of hydrogen-bond acceptors (Lipinski definition) is 5. The van der Waals surface area contributed by atoms with Crippen LogP contribution in [0.3, 0.4) is 0 Å². The van der Waals surface area contributed by atoms with Crippen molar-refractivity contribution in [1.29, 1.82) is 0 Å².